The maximum Gasteiger partial charge on any atom is 0.223 e. The van der Waals surface area contributed by atoms with Gasteiger partial charge in [0.1, 0.15) is 0 Å². The Bertz CT molecular complexity index is 473. The van der Waals surface area contributed by atoms with Gasteiger partial charge in [0.25, 0.3) is 0 Å². The molecule has 0 aliphatic carbocycles. The number of amides is 1. The fraction of sp³-hybridized carbons (Fsp3) is 0.812. The fourth-order valence-electron chi connectivity index (χ4n) is 4.09. The third kappa shape index (κ3) is 3.48. The molecule has 6 heteroatoms. The molecule has 1 aromatic rings. The van der Waals surface area contributed by atoms with Crippen molar-refractivity contribution in [3.05, 3.63) is 11.9 Å². The molecule has 0 saturated carbocycles. The minimum atomic E-state index is 0.332. The summed E-state index contributed by atoms with van der Waals surface area (Å²) in [6.45, 7) is 4.40. The number of aromatic nitrogens is 3. The first-order valence-electron chi connectivity index (χ1n) is 8.55. The summed E-state index contributed by atoms with van der Waals surface area (Å²) < 4.78 is 0. The second-order valence-corrected chi connectivity index (χ2v) is 6.99. The Hall–Kier alpha value is -1.43. The minimum Gasteiger partial charge on any atom is -0.337 e. The molecule has 3 rings (SSSR count). The molecule has 6 nitrogen and oxygen atoms in total. The van der Waals surface area contributed by atoms with Gasteiger partial charge in [-0.1, -0.05) is 13.8 Å². The molecule has 1 amide bonds. The van der Waals surface area contributed by atoms with Crippen LogP contribution in [0.1, 0.15) is 58.1 Å². The van der Waals surface area contributed by atoms with Gasteiger partial charge in [-0.25, -0.2) is 0 Å². The lowest BCUT2D eigenvalue weighted by molar-refractivity contribution is -0.136. The molecule has 2 aliphatic rings. The Morgan fingerprint density at radius 1 is 1.41 bits per heavy atom. The van der Waals surface area contributed by atoms with Gasteiger partial charge in [-0.05, 0) is 38.5 Å². The minimum absolute atomic E-state index is 0.332. The molecule has 2 N–H and O–H groups in total. The number of H-pyrrole nitrogens is 1. The van der Waals surface area contributed by atoms with Gasteiger partial charge < -0.3 is 10.2 Å². The van der Waals surface area contributed by atoms with Crippen LogP contribution in [0, 0.1) is 0 Å². The molecule has 2 unspecified atom stereocenters. The Morgan fingerprint density at radius 2 is 2.14 bits per heavy atom. The smallest absolute Gasteiger partial charge is 0.223 e. The highest BCUT2D eigenvalue weighted by molar-refractivity contribution is 5.77. The normalized spacial score (nSPS) is 27.6. The van der Waals surface area contributed by atoms with Gasteiger partial charge in [-0.2, -0.15) is 15.4 Å². The van der Waals surface area contributed by atoms with E-state index in [1.807, 2.05) is 0 Å². The van der Waals surface area contributed by atoms with Crippen molar-refractivity contribution in [2.24, 2.45) is 0 Å². The SMILES string of the molecule is CC(C)NC1CC2CCC(C1)N2C(=O)CCCc1cn[nH]n1. The summed E-state index contributed by atoms with van der Waals surface area (Å²) in [4.78, 5) is 14.8. The first-order valence-corrected chi connectivity index (χ1v) is 8.55. The van der Waals surface area contributed by atoms with Gasteiger partial charge in [0, 0.05) is 30.6 Å². The van der Waals surface area contributed by atoms with Gasteiger partial charge >= 0.3 is 0 Å². The van der Waals surface area contributed by atoms with Crippen LogP contribution in [0.2, 0.25) is 0 Å². The van der Waals surface area contributed by atoms with Crippen LogP contribution < -0.4 is 5.32 Å². The summed E-state index contributed by atoms with van der Waals surface area (Å²) in [5, 5.41) is 14.1. The van der Waals surface area contributed by atoms with Crippen LogP contribution in [0.5, 0.6) is 0 Å². The van der Waals surface area contributed by atoms with E-state index < -0.39 is 0 Å². The van der Waals surface area contributed by atoms with E-state index in [-0.39, 0.29) is 0 Å². The third-order valence-corrected chi connectivity index (χ3v) is 4.88. The monoisotopic (exact) mass is 305 g/mol. The van der Waals surface area contributed by atoms with Gasteiger partial charge in [0.15, 0.2) is 0 Å². The number of fused-ring (bicyclic) bond motifs is 2. The van der Waals surface area contributed by atoms with Crippen molar-refractivity contribution in [1.82, 2.24) is 25.6 Å². The van der Waals surface area contributed by atoms with E-state index in [9.17, 15) is 4.79 Å². The van der Waals surface area contributed by atoms with Crippen LogP contribution in [-0.2, 0) is 11.2 Å². The van der Waals surface area contributed by atoms with Gasteiger partial charge in [-0.3, -0.25) is 4.79 Å². The third-order valence-electron chi connectivity index (χ3n) is 4.88. The number of piperidine rings is 1. The standard InChI is InChI=1S/C16H27N5O/c1-11(2)18-13-8-14-6-7-15(9-13)21(14)16(22)5-3-4-12-10-17-20-19-12/h10-11,13-15,18H,3-9H2,1-2H3,(H,17,19,20). The van der Waals surface area contributed by atoms with Crippen LogP contribution in [0.25, 0.3) is 0 Å². The van der Waals surface area contributed by atoms with E-state index in [1.165, 1.54) is 12.8 Å². The molecule has 3 heterocycles. The molecule has 2 saturated heterocycles. The topological polar surface area (TPSA) is 73.9 Å². The summed E-state index contributed by atoms with van der Waals surface area (Å²) in [7, 11) is 0. The Labute approximate surface area is 132 Å². The van der Waals surface area contributed by atoms with Crippen LogP contribution in [0.4, 0.5) is 0 Å². The number of carbonyl (C=O) groups excluding carboxylic acids is 1. The molecule has 0 spiro atoms. The molecular formula is C16H27N5O. The lowest BCUT2D eigenvalue weighted by Crippen LogP contribution is -2.52. The van der Waals surface area contributed by atoms with Crippen molar-refractivity contribution >= 4 is 5.91 Å². The summed E-state index contributed by atoms with van der Waals surface area (Å²) in [6.07, 6.45) is 8.62. The first-order chi connectivity index (χ1) is 10.6. The number of hydrogen-bond donors (Lipinski definition) is 2. The highest BCUT2D eigenvalue weighted by Gasteiger charge is 2.42. The molecule has 1 aromatic heterocycles. The highest BCUT2D eigenvalue weighted by atomic mass is 16.2. The summed E-state index contributed by atoms with van der Waals surface area (Å²) in [5.74, 6) is 0.332. The molecule has 2 fully saturated rings. The zero-order chi connectivity index (χ0) is 15.5. The van der Waals surface area contributed by atoms with E-state index in [1.54, 1.807) is 6.20 Å². The highest BCUT2D eigenvalue weighted by Crippen LogP contribution is 2.36. The molecule has 0 aromatic carbocycles. The summed E-state index contributed by atoms with van der Waals surface area (Å²) in [6, 6.07) is 2.01. The van der Waals surface area contributed by atoms with Crippen LogP contribution in [0.15, 0.2) is 6.20 Å². The zero-order valence-electron chi connectivity index (χ0n) is 13.6. The second-order valence-electron chi connectivity index (χ2n) is 6.99. The molecule has 0 radical (unpaired) electrons. The largest absolute Gasteiger partial charge is 0.337 e. The van der Waals surface area contributed by atoms with Gasteiger partial charge in [-0.15, -0.1) is 0 Å². The van der Waals surface area contributed by atoms with Crippen LogP contribution >= 0.6 is 0 Å². The molecule has 2 atom stereocenters. The van der Waals surface area contributed by atoms with Crippen molar-refractivity contribution in [3.8, 4) is 0 Å². The van der Waals surface area contributed by atoms with Gasteiger partial charge in [0.05, 0.1) is 11.9 Å². The number of nitrogens with one attached hydrogen (secondary N) is 2. The lowest BCUT2D eigenvalue weighted by atomic mass is 9.96. The second kappa shape index (κ2) is 6.77. The number of carbonyl (C=O) groups is 1. The maximum absolute atomic E-state index is 12.6. The Balaban J connectivity index is 1.49. The van der Waals surface area contributed by atoms with Crippen molar-refractivity contribution in [1.29, 1.82) is 0 Å². The molecule has 2 bridgehead atoms. The Kier molecular flexibility index (Phi) is 4.76. The molecule has 2 aliphatic heterocycles. The van der Waals surface area contributed by atoms with E-state index in [0.29, 0.717) is 36.5 Å². The lowest BCUT2D eigenvalue weighted by Gasteiger charge is -2.40. The number of nitrogens with zero attached hydrogens (tertiary/aromatic N) is 3. The number of hydrogen-bond acceptors (Lipinski definition) is 4. The van der Waals surface area contributed by atoms with Crippen molar-refractivity contribution < 1.29 is 4.79 Å². The van der Waals surface area contributed by atoms with E-state index in [4.69, 9.17) is 0 Å². The molecule has 122 valence electrons. The zero-order valence-corrected chi connectivity index (χ0v) is 13.6. The summed E-state index contributed by atoms with van der Waals surface area (Å²) >= 11 is 0. The summed E-state index contributed by atoms with van der Waals surface area (Å²) in [5.41, 5.74) is 0.940. The average molecular weight is 305 g/mol. The van der Waals surface area contributed by atoms with E-state index >= 15 is 0 Å². The van der Waals surface area contributed by atoms with Crippen LogP contribution in [0.3, 0.4) is 0 Å². The van der Waals surface area contributed by atoms with Crippen molar-refractivity contribution in [2.75, 3.05) is 0 Å². The number of aryl methyl sites for hydroxylation is 1. The number of aromatic amines is 1. The Morgan fingerprint density at radius 3 is 2.73 bits per heavy atom. The predicted molar refractivity (Wildman–Crippen MR) is 84.3 cm³/mol. The fourth-order valence-corrected chi connectivity index (χ4v) is 4.09. The van der Waals surface area contributed by atoms with E-state index in [0.717, 1.165) is 31.4 Å². The predicted octanol–water partition coefficient (Wildman–Crippen LogP) is 1.65. The first kappa shape index (κ1) is 15.5. The molecule has 22 heavy (non-hydrogen) atoms. The molecular weight excluding hydrogens is 278 g/mol. The number of rotatable bonds is 6. The van der Waals surface area contributed by atoms with Crippen LogP contribution in [-0.4, -0.2) is 50.4 Å². The van der Waals surface area contributed by atoms with Crippen molar-refractivity contribution in [2.45, 2.75) is 83.0 Å². The van der Waals surface area contributed by atoms with Gasteiger partial charge in [0.2, 0.25) is 5.91 Å². The van der Waals surface area contributed by atoms with E-state index in [2.05, 4.69) is 39.5 Å². The van der Waals surface area contributed by atoms with Crippen molar-refractivity contribution in [3.63, 3.8) is 0 Å². The average Bonchev–Trinajstić information content (AvgIpc) is 3.05. The maximum atomic E-state index is 12.6. The quantitative estimate of drug-likeness (QED) is 0.838.